The van der Waals surface area contributed by atoms with Crippen LogP contribution in [-0.4, -0.2) is 100 Å². The molecule has 4 atom stereocenters. The fourth-order valence-electron chi connectivity index (χ4n) is 3.62. The number of aliphatic carboxylic acids is 1. The van der Waals surface area contributed by atoms with Crippen molar-refractivity contribution in [3.8, 4) is 0 Å². The van der Waals surface area contributed by atoms with Gasteiger partial charge >= 0.3 is 11.9 Å². The first-order valence-electron chi connectivity index (χ1n) is 11.7. The highest BCUT2D eigenvalue weighted by molar-refractivity contribution is 8.01. The molecule has 2 aliphatic rings. The third-order valence-electron chi connectivity index (χ3n) is 5.61. The Morgan fingerprint density at radius 2 is 2.15 bits per heavy atom. The van der Waals surface area contributed by atoms with Gasteiger partial charge in [0.15, 0.2) is 9.47 Å². The molecule has 0 bridgehead atoms. The third kappa shape index (κ3) is 6.64. The predicted octanol–water partition coefficient (Wildman–Crippen LogP) is 0.686. The number of esters is 1. The van der Waals surface area contributed by atoms with Gasteiger partial charge in [-0.2, -0.15) is 9.36 Å². The largest absolute Gasteiger partial charge is 0.481 e. The van der Waals surface area contributed by atoms with Crippen LogP contribution in [0.1, 0.15) is 33.5 Å². The van der Waals surface area contributed by atoms with E-state index in [9.17, 15) is 24.3 Å². The summed E-state index contributed by atoms with van der Waals surface area (Å²) in [6.07, 6.45) is -1.16. The topological polar surface area (TPSA) is 212 Å². The number of nitrogens with one attached hydrogen (secondary N) is 1. The predicted molar refractivity (Wildman–Crippen MR) is 148 cm³/mol. The van der Waals surface area contributed by atoms with E-state index in [2.05, 4.69) is 30.0 Å². The lowest BCUT2D eigenvalue weighted by molar-refractivity contribution is -0.167. The van der Waals surface area contributed by atoms with Crippen LogP contribution >= 0.6 is 46.4 Å². The van der Waals surface area contributed by atoms with Crippen molar-refractivity contribution in [1.29, 1.82) is 0 Å². The molecule has 19 heteroatoms. The van der Waals surface area contributed by atoms with E-state index in [1.54, 1.807) is 26.3 Å². The van der Waals surface area contributed by atoms with Crippen molar-refractivity contribution >= 4 is 81.0 Å². The zero-order valence-electron chi connectivity index (χ0n) is 21.7. The lowest BCUT2D eigenvalue weighted by Gasteiger charge is -2.53. The second-order valence-corrected chi connectivity index (χ2v) is 13.8. The number of carbonyl (C=O) groups is 4. The van der Waals surface area contributed by atoms with Crippen molar-refractivity contribution in [1.82, 2.24) is 29.8 Å². The van der Waals surface area contributed by atoms with Crippen LogP contribution in [0.5, 0.6) is 0 Å². The van der Waals surface area contributed by atoms with Gasteiger partial charge in [0.25, 0.3) is 5.91 Å². The molecular weight excluding hydrogens is 605 g/mol. The lowest BCUT2D eigenvalue weighted by atomic mass is 9.89. The molecule has 216 valence electrons. The summed E-state index contributed by atoms with van der Waals surface area (Å²) in [4.78, 5) is 61.4. The van der Waals surface area contributed by atoms with Crippen LogP contribution in [-0.2, 0) is 28.8 Å². The Kier molecular flexibility index (Phi) is 8.86. The van der Waals surface area contributed by atoms with Crippen molar-refractivity contribution in [3.63, 3.8) is 0 Å². The Balaban J connectivity index is 1.44. The first kappa shape index (κ1) is 29.9. The van der Waals surface area contributed by atoms with Gasteiger partial charge in [-0.15, -0.1) is 22.0 Å². The summed E-state index contributed by atoms with van der Waals surface area (Å²) in [6.45, 7) is 6.48. The minimum Gasteiger partial charge on any atom is -0.481 e. The van der Waals surface area contributed by atoms with Gasteiger partial charge in [0.1, 0.15) is 27.9 Å². The molecule has 4 heterocycles. The summed E-state index contributed by atoms with van der Waals surface area (Å²) in [5, 5.41) is 23.7. The van der Waals surface area contributed by atoms with Gasteiger partial charge in [0.05, 0.1) is 0 Å². The van der Waals surface area contributed by atoms with Crippen LogP contribution in [0.15, 0.2) is 15.0 Å². The molecule has 4 N–H and O–H groups in total. The standard InChI is InChI=1S/C21H26N8O7S4/c1-9(16(32)35-20(2,3)4)36-27-10(12-25-18(22)40-28-12)13(30)24-11-14(31)29-5-21(17(33)34,6-37-15(11)29)7-38-19-26-23-8-39-19/h8-9,11,15H,5-7H2,1-4H3,(H,24,30)(H,33,34)(H2,22,25,28)/t9?,11?,15-,21?/m1/s1. The molecule has 2 aromatic rings. The molecule has 40 heavy (non-hydrogen) atoms. The average Bonchev–Trinajstić information content (AvgIpc) is 3.56. The van der Waals surface area contributed by atoms with Gasteiger partial charge < -0.3 is 30.6 Å². The Bertz CT molecular complexity index is 1310. The molecule has 2 amide bonds. The highest BCUT2D eigenvalue weighted by Gasteiger charge is 2.57. The number of amides is 2. The highest BCUT2D eigenvalue weighted by atomic mass is 32.2. The van der Waals surface area contributed by atoms with E-state index < -0.39 is 52.3 Å². The van der Waals surface area contributed by atoms with E-state index in [4.69, 9.17) is 15.3 Å². The van der Waals surface area contributed by atoms with Crippen molar-refractivity contribution in [2.45, 2.75) is 55.2 Å². The number of fused-ring (bicyclic) bond motifs is 1. The van der Waals surface area contributed by atoms with E-state index in [-0.39, 0.29) is 34.7 Å². The number of oxime groups is 1. The summed E-state index contributed by atoms with van der Waals surface area (Å²) in [5.41, 5.74) is 4.89. The number of thioether (sulfide) groups is 2. The maximum Gasteiger partial charge on any atom is 0.350 e. The summed E-state index contributed by atoms with van der Waals surface area (Å²) in [6, 6.07) is -0.940. The maximum absolute atomic E-state index is 13.2. The summed E-state index contributed by atoms with van der Waals surface area (Å²) in [5.74, 6) is -2.70. The molecule has 0 aromatic carbocycles. The van der Waals surface area contributed by atoms with Crippen LogP contribution in [0.4, 0.5) is 5.13 Å². The quantitative estimate of drug-likeness (QED) is 0.108. The van der Waals surface area contributed by atoms with Gasteiger partial charge in [-0.05, 0) is 27.7 Å². The zero-order chi connectivity index (χ0) is 29.2. The van der Waals surface area contributed by atoms with Crippen LogP contribution in [0.3, 0.4) is 0 Å². The Morgan fingerprint density at radius 3 is 2.75 bits per heavy atom. The number of nitrogen functional groups attached to an aromatic ring is 1. The first-order chi connectivity index (χ1) is 18.8. The molecule has 3 unspecified atom stereocenters. The first-order valence-corrected chi connectivity index (χ1v) is 15.4. The number of hydrogen-bond donors (Lipinski definition) is 3. The monoisotopic (exact) mass is 630 g/mol. The van der Waals surface area contributed by atoms with Gasteiger partial charge in [-0.3, -0.25) is 14.4 Å². The third-order valence-corrected chi connectivity index (χ3v) is 9.89. The molecule has 2 saturated heterocycles. The minimum absolute atomic E-state index is 0.0152. The van der Waals surface area contributed by atoms with Crippen molar-refractivity contribution < 1.29 is 33.9 Å². The van der Waals surface area contributed by atoms with E-state index in [0.29, 0.717) is 4.34 Å². The van der Waals surface area contributed by atoms with E-state index in [1.165, 1.54) is 46.7 Å². The number of nitrogens with two attached hydrogens (primary N) is 1. The van der Waals surface area contributed by atoms with Gasteiger partial charge in [-0.1, -0.05) is 28.3 Å². The molecule has 2 fully saturated rings. The van der Waals surface area contributed by atoms with Crippen LogP contribution < -0.4 is 11.1 Å². The lowest BCUT2D eigenvalue weighted by Crippen LogP contribution is -2.74. The fourth-order valence-corrected chi connectivity index (χ4v) is 7.40. The number of hydrogen-bond acceptors (Lipinski definition) is 16. The second-order valence-electron chi connectivity index (χ2n) is 9.87. The molecule has 0 spiro atoms. The zero-order valence-corrected chi connectivity index (χ0v) is 25.0. The van der Waals surface area contributed by atoms with Gasteiger partial charge in [0.2, 0.25) is 23.5 Å². The number of carboxylic acid groups (broad SMARTS) is 1. The molecule has 0 radical (unpaired) electrons. The fraction of sp³-hybridized carbons (Fsp3) is 0.571. The van der Waals surface area contributed by atoms with Crippen LogP contribution in [0.25, 0.3) is 0 Å². The van der Waals surface area contributed by atoms with Crippen molar-refractivity contribution in [2.75, 3.05) is 23.8 Å². The van der Waals surface area contributed by atoms with E-state index >= 15 is 0 Å². The molecule has 15 nitrogen and oxygen atoms in total. The normalized spacial score (nSPS) is 23.6. The SMILES string of the molecule is CC(ON=C(C(=O)NC1C(=O)N2CC(CSc3nncs3)(C(=O)O)CS[C@H]12)c1nsc(N)n1)C(=O)OC(C)(C)C. The molecular formula is C21H26N8O7S4. The highest BCUT2D eigenvalue weighted by Crippen LogP contribution is 2.44. The smallest absolute Gasteiger partial charge is 0.350 e. The Hall–Kier alpha value is -3.03. The number of nitrogens with zero attached hydrogens (tertiary/aromatic N) is 6. The molecule has 2 aromatic heterocycles. The molecule has 2 aliphatic heterocycles. The van der Waals surface area contributed by atoms with Crippen LogP contribution in [0, 0.1) is 5.41 Å². The number of anilines is 1. The molecule has 4 rings (SSSR count). The Labute approximate surface area is 244 Å². The van der Waals surface area contributed by atoms with Gasteiger partial charge in [-0.25, -0.2) is 4.79 Å². The Morgan fingerprint density at radius 1 is 1.40 bits per heavy atom. The summed E-state index contributed by atoms with van der Waals surface area (Å²) >= 11 is 4.67. The number of rotatable bonds is 10. The van der Waals surface area contributed by atoms with Crippen LogP contribution in [0.2, 0.25) is 0 Å². The van der Waals surface area contributed by atoms with E-state index in [0.717, 1.165) is 11.5 Å². The summed E-state index contributed by atoms with van der Waals surface area (Å²) in [7, 11) is 0. The number of carboxylic acids is 1. The maximum atomic E-state index is 13.2. The van der Waals surface area contributed by atoms with Gasteiger partial charge in [0, 0.05) is 29.6 Å². The number of ether oxygens (including phenoxy) is 1. The summed E-state index contributed by atoms with van der Waals surface area (Å²) < 4.78 is 9.88. The van der Waals surface area contributed by atoms with Crippen molar-refractivity contribution in [2.24, 2.45) is 10.6 Å². The second kappa shape index (κ2) is 11.8. The number of carbonyl (C=O) groups excluding carboxylic acids is 3. The number of aromatic nitrogens is 4. The average molecular weight is 631 g/mol. The van der Waals surface area contributed by atoms with Crippen molar-refractivity contribution in [3.05, 3.63) is 11.3 Å². The molecule has 0 saturated carbocycles. The minimum atomic E-state index is -1.19. The number of β-lactam (4-membered cyclic amide) rings is 1. The molecule has 0 aliphatic carbocycles. The van der Waals surface area contributed by atoms with E-state index in [1.807, 2.05) is 0 Å².